The molecule has 0 aliphatic heterocycles. The summed E-state index contributed by atoms with van der Waals surface area (Å²) in [5, 5.41) is 14.6. The van der Waals surface area contributed by atoms with Crippen molar-refractivity contribution in [2.75, 3.05) is 18.4 Å². The maximum atomic E-state index is 12.8. The highest BCUT2D eigenvalue weighted by Crippen LogP contribution is 2.14. The third kappa shape index (κ3) is 6.96. The quantitative estimate of drug-likeness (QED) is 0.707. The van der Waals surface area contributed by atoms with Gasteiger partial charge in [-0.1, -0.05) is 33.8 Å². The summed E-state index contributed by atoms with van der Waals surface area (Å²) in [6.07, 6.45) is 1.30. The summed E-state index contributed by atoms with van der Waals surface area (Å²) in [5.41, 5.74) is 1.18. The lowest BCUT2D eigenvalue weighted by Crippen LogP contribution is -2.37. The van der Waals surface area contributed by atoms with Crippen molar-refractivity contribution in [1.29, 1.82) is 5.26 Å². The first-order chi connectivity index (χ1) is 13.8. The van der Waals surface area contributed by atoms with Gasteiger partial charge in [-0.3, -0.25) is 4.79 Å². The van der Waals surface area contributed by atoms with Gasteiger partial charge in [0, 0.05) is 18.8 Å². The number of nitriles is 1. The van der Waals surface area contributed by atoms with Crippen LogP contribution in [0.25, 0.3) is 0 Å². The topological polar surface area (TPSA) is 111 Å². The molecule has 0 aliphatic carbocycles. The Bertz CT molecular complexity index is 882. The summed E-state index contributed by atoms with van der Waals surface area (Å²) in [4.78, 5) is 30.6. The Morgan fingerprint density at radius 3 is 2.66 bits per heavy atom. The second kappa shape index (κ2) is 10.3. The predicted octanol–water partition coefficient (Wildman–Crippen LogP) is 3.62. The Morgan fingerprint density at radius 1 is 1.24 bits per heavy atom. The highest BCUT2D eigenvalue weighted by Gasteiger charge is 2.20. The van der Waals surface area contributed by atoms with Gasteiger partial charge >= 0.3 is 6.03 Å². The van der Waals surface area contributed by atoms with Crippen LogP contribution in [0.5, 0.6) is 0 Å². The SMILES string of the molecule is CC(C)CNC(=O)c1coc(CN(CC(C)C)C(=O)Nc2cccc(C#N)c2)n1. The van der Waals surface area contributed by atoms with Crippen molar-refractivity contribution in [1.82, 2.24) is 15.2 Å². The fourth-order valence-electron chi connectivity index (χ4n) is 2.57. The van der Waals surface area contributed by atoms with E-state index in [2.05, 4.69) is 15.6 Å². The Hall–Kier alpha value is -3.34. The van der Waals surface area contributed by atoms with Crippen molar-refractivity contribution < 1.29 is 14.0 Å². The molecule has 2 N–H and O–H groups in total. The molecule has 8 heteroatoms. The van der Waals surface area contributed by atoms with Crippen LogP contribution in [-0.4, -0.2) is 34.9 Å². The highest BCUT2D eigenvalue weighted by atomic mass is 16.3. The van der Waals surface area contributed by atoms with E-state index in [-0.39, 0.29) is 36.0 Å². The molecule has 0 fully saturated rings. The molecule has 8 nitrogen and oxygen atoms in total. The van der Waals surface area contributed by atoms with Crippen molar-refractivity contribution in [2.24, 2.45) is 11.8 Å². The molecule has 0 aliphatic rings. The number of carbonyl (C=O) groups excluding carboxylic acids is 2. The maximum absolute atomic E-state index is 12.8. The number of oxazole rings is 1. The monoisotopic (exact) mass is 397 g/mol. The summed E-state index contributed by atoms with van der Waals surface area (Å²) >= 11 is 0. The number of hydrogen-bond acceptors (Lipinski definition) is 5. The smallest absolute Gasteiger partial charge is 0.322 e. The van der Waals surface area contributed by atoms with Crippen LogP contribution in [0, 0.1) is 23.2 Å². The second-order valence-corrected chi connectivity index (χ2v) is 7.63. The first-order valence-corrected chi connectivity index (χ1v) is 9.57. The fraction of sp³-hybridized carbons (Fsp3) is 0.429. The molecule has 0 bridgehead atoms. The van der Waals surface area contributed by atoms with Gasteiger partial charge < -0.3 is 20.0 Å². The van der Waals surface area contributed by atoms with Crippen LogP contribution in [0.15, 0.2) is 34.9 Å². The summed E-state index contributed by atoms with van der Waals surface area (Å²) in [6, 6.07) is 8.40. The van der Waals surface area contributed by atoms with Crippen LogP contribution in [0.3, 0.4) is 0 Å². The standard InChI is InChI=1S/C21H27N5O3/c1-14(2)10-23-20(27)18-13-29-19(25-18)12-26(11-15(3)4)21(28)24-17-7-5-6-16(8-17)9-22/h5-8,13-15H,10-12H2,1-4H3,(H,23,27)(H,24,28). The second-order valence-electron chi connectivity index (χ2n) is 7.63. The number of urea groups is 1. The van der Waals surface area contributed by atoms with E-state index in [1.54, 1.807) is 29.2 Å². The fourth-order valence-corrected chi connectivity index (χ4v) is 2.57. The van der Waals surface area contributed by atoms with Crippen LogP contribution in [0.2, 0.25) is 0 Å². The molecule has 2 aromatic rings. The summed E-state index contributed by atoms with van der Waals surface area (Å²) in [7, 11) is 0. The Kier molecular flexibility index (Phi) is 7.78. The number of nitrogens with zero attached hydrogens (tertiary/aromatic N) is 3. The Labute approximate surface area is 170 Å². The van der Waals surface area contributed by atoms with Gasteiger partial charge in [-0.15, -0.1) is 0 Å². The minimum absolute atomic E-state index is 0.124. The van der Waals surface area contributed by atoms with Crippen molar-refractivity contribution in [3.63, 3.8) is 0 Å². The average Bonchev–Trinajstić information content (AvgIpc) is 3.14. The predicted molar refractivity (Wildman–Crippen MR) is 109 cm³/mol. The molecule has 0 saturated heterocycles. The third-order valence-corrected chi connectivity index (χ3v) is 3.90. The Morgan fingerprint density at radius 2 is 2.00 bits per heavy atom. The summed E-state index contributed by atoms with van der Waals surface area (Å²) < 4.78 is 5.40. The molecule has 1 aromatic carbocycles. The minimum atomic E-state index is -0.335. The zero-order valence-corrected chi connectivity index (χ0v) is 17.2. The molecule has 0 spiro atoms. The highest BCUT2D eigenvalue weighted by molar-refractivity contribution is 5.92. The number of aromatic nitrogens is 1. The molecule has 3 amide bonds. The largest absolute Gasteiger partial charge is 0.446 e. The number of nitrogens with one attached hydrogen (secondary N) is 2. The van der Waals surface area contributed by atoms with Crippen LogP contribution in [0.4, 0.5) is 10.5 Å². The lowest BCUT2D eigenvalue weighted by molar-refractivity contribution is 0.0944. The van der Waals surface area contributed by atoms with Gasteiger partial charge in [-0.05, 0) is 30.0 Å². The maximum Gasteiger partial charge on any atom is 0.322 e. The van der Waals surface area contributed by atoms with Gasteiger partial charge in [0.2, 0.25) is 5.89 Å². The zero-order chi connectivity index (χ0) is 21.4. The molecule has 154 valence electrons. The van der Waals surface area contributed by atoms with Crippen molar-refractivity contribution >= 4 is 17.6 Å². The normalized spacial score (nSPS) is 10.7. The van der Waals surface area contributed by atoms with E-state index in [0.29, 0.717) is 30.3 Å². The van der Waals surface area contributed by atoms with Gasteiger partial charge in [-0.2, -0.15) is 5.26 Å². The first kappa shape index (κ1) is 22.0. The zero-order valence-electron chi connectivity index (χ0n) is 17.2. The van der Waals surface area contributed by atoms with Crippen LogP contribution in [0.1, 0.15) is 49.6 Å². The van der Waals surface area contributed by atoms with E-state index in [4.69, 9.17) is 9.68 Å². The molecule has 0 atom stereocenters. The van der Waals surface area contributed by atoms with Crippen molar-refractivity contribution in [3.05, 3.63) is 47.7 Å². The number of benzene rings is 1. The molecule has 0 unspecified atom stereocenters. The van der Waals surface area contributed by atoms with E-state index in [1.807, 2.05) is 33.8 Å². The van der Waals surface area contributed by atoms with Gasteiger partial charge in [-0.25, -0.2) is 9.78 Å². The van der Waals surface area contributed by atoms with Gasteiger partial charge in [0.15, 0.2) is 5.69 Å². The van der Waals surface area contributed by atoms with Gasteiger partial charge in [0.1, 0.15) is 6.26 Å². The van der Waals surface area contributed by atoms with E-state index in [0.717, 1.165) is 0 Å². The lowest BCUT2D eigenvalue weighted by atomic mass is 10.2. The molecule has 0 radical (unpaired) electrons. The van der Waals surface area contributed by atoms with Crippen LogP contribution in [-0.2, 0) is 6.54 Å². The van der Waals surface area contributed by atoms with E-state index >= 15 is 0 Å². The van der Waals surface area contributed by atoms with Crippen LogP contribution >= 0.6 is 0 Å². The Balaban J connectivity index is 2.07. The summed E-state index contributed by atoms with van der Waals surface area (Å²) in [5.74, 6) is 0.521. The molecule has 1 heterocycles. The summed E-state index contributed by atoms with van der Waals surface area (Å²) in [6.45, 7) is 9.14. The molecular weight excluding hydrogens is 370 g/mol. The molecule has 0 saturated carbocycles. The number of amides is 3. The van der Waals surface area contributed by atoms with Crippen LogP contribution < -0.4 is 10.6 Å². The average molecular weight is 397 g/mol. The number of rotatable bonds is 8. The molecule has 2 rings (SSSR count). The van der Waals surface area contributed by atoms with E-state index in [9.17, 15) is 9.59 Å². The molecule has 1 aromatic heterocycles. The first-order valence-electron chi connectivity index (χ1n) is 9.57. The van der Waals surface area contributed by atoms with Gasteiger partial charge in [0.05, 0.1) is 18.2 Å². The number of carbonyl (C=O) groups is 2. The van der Waals surface area contributed by atoms with Crippen molar-refractivity contribution in [2.45, 2.75) is 34.2 Å². The van der Waals surface area contributed by atoms with E-state index in [1.165, 1.54) is 6.26 Å². The minimum Gasteiger partial charge on any atom is -0.446 e. The third-order valence-electron chi connectivity index (χ3n) is 3.90. The lowest BCUT2D eigenvalue weighted by Gasteiger charge is -2.23. The number of hydrogen-bond donors (Lipinski definition) is 2. The van der Waals surface area contributed by atoms with Crippen molar-refractivity contribution in [3.8, 4) is 6.07 Å². The molecular formula is C21H27N5O3. The van der Waals surface area contributed by atoms with E-state index < -0.39 is 0 Å². The van der Waals surface area contributed by atoms with Gasteiger partial charge in [0.25, 0.3) is 5.91 Å². The molecule has 29 heavy (non-hydrogen) atoms. The number of anilines is 1.